The fraction of sp³-hybridized carbons (Fsp3) is 0.312. The van der Waals surface area contributed by atoms with Crippen molar-refractivity contribution in [2.75, 3.05) is 0 Å². The van der Waals surface area contributed by atoms with Gasteiger partial charge in [-0.05, 0) is 55.2 Å². The van der Waals surface area contributed by atoms with Crippen molar-refractivity contribution in [1.29, 1.82) is 0 Å². The van der Waals surface area contributed by atoms with Crippen LogP contribution >= 0.6 is 11.6 Å². The van der Waals surface area contributed by atoms with Gasteiger partial charge >= 0.3 is 0 Å². The average Bonchev–Trinajstić information content (AvgIpc) is 2.42. The second-order valence-corrected chi connectivity index (χ2v) is 5.27. The fourth-order valence-electron chi connectivity index (χ4n) is 2.13. The van der Waals surface area contributed by atoms with Crippen LogP contribution in [-0.2, 0) is 13.0 Å². The molecule has 0 aliphatic rings. The molecule has 0 atom stereocenters. The standard InChI is InChI=1S/C16H19ClN2O/c1-4-14-7-12(9-18)8-15(19-14)20-16-10(2)5-13(17)6-11(16)3/h5-8H,4,9,18H2,1-3H3. The normalized spacial score (nSPS) is 10.7. The van der Waals surface area contributed by atoms with Crippen LogP contribution in [0.2, 0.25) is 5.02 Å². The molecule has 106 valence electrons. The summed E-state index contributed by atoms with van der Waals surface area (Å²) < 4.78 is 5.95. The molecule has 0 saturated heterocycles. The van der Waals surface area contributed by atoms with Crippen molar-refractivity contribution >= 4 is 11.6 Å². The maximum atomic E-state index is 6.03. The molecule has 0 aliphatic heterocycles. The highest BCUT2D eigenvalue weighted by Gasteiger charge is 2.09. The van der Waals surface area contributed by atoms with E-state index in [9.17, 15) is 0 Å². The summed E-state index contributed by atoms with van der Waals surface area (Å²) in [6.45, 7) is 6.49. The number of pyridine rings is 1. The SMILES string of the molecule is CCc1cc(CN)cc(Oc2c(C)cc(Cl)cc2C)n1. The number of rotatable bonds is 4. The van der Waals surface area contributed by atoms with Crippen LogP contribution in [0.5, 0.6) is 11.6 Å². The van der Waals surface area contributed by atoms with Gasteiger partial charge in [-0.25, -0.2) is 4.98 Å². The van der Waals surface area contributed by atoms with Crippen molar-refractivity contribution in [1.82, 2.24) is 4.98 Å². The van der Waals surface area contributed by atoms with Gasteiger partial charge in [-0.3, -0.25) is 0 Å². The predicted octanol–water partition coefficient (Wildman–Crippen LogP) is 4.17. The summed E-state index contributed by atoms with van der Waals surface area (Å²) in [4.78, 5) is 4.49. The summed E-state index contributed by atoms with van der Waals surface area (Å²) in [7, 11) is 0. The van der Waals surface area contributed by atoms with Crippen LogP contribution in [-0.4, -0.2) is 4.98 Å². The summed E-state index contributed by atoms with van der Waals surface area (Å²) in [5.74, 6) is 1.39. The number of hydrogen-bond donors (Lipinski definition) is 1. The Bertz CT molecular complexity index is 581. The number of halogens is 1. The average molecular weight is 291 g/mol. The van der Waals surface area contributed by atoms with E-state index in [1.54, 1.807) is 0 Å². The molecule has 0 unspecified atom stereocenters. The van der Waals surface area contributed by atoms with Crippen molar-refractivity contribution in [2.24, 2.45) is 5.73 Å². The molecule has 1 heterocycles. The summed E-state index contributed by atoms with van der Waals surface area (Å²) in [5.41, 5.74) is 9.70. The third-order valence-electron chi connectivity index (χ3n) is 3.14. The van der Waals surface area contributed by atoms with Crippen molar-refractivity contribution in [3.8, 4) is 11.6 Å². The lowest BCUT2D eigenvalue weighted by atomic mass is 10.1. The minimum absolute atomic E-state index is 0.477. The lowest BCUT2D eigenvalue weighted by molar-refractivity contribution is 0.453. The first-order valence-electron chi connectivity index (χ1n) is 6.68. The van der Waals surface area contributed by atoms with E-state index < -0.39 is 0 Å². The van der Waals surface area contributed by atoms with Crippen molar-refractivity contribution < 1.29 is 4.74 Å². The van der Waals surface area contributed by atoms with Crippen LogP contribution in [0.4, 0.5) is 0 Å². The van der Waals surface area contributed by atoms with Gasteiger partial charge < -0.3 is 10.5 Å². The molecule has 0 saturated carbocycles. The lowest BCUT2D eigenvalue weighted by Crippen LogP contribution is -2.01. The van der Waals surface area contributed by atoms with Crippen LogP contribution < -0.4 is 10.5 Å². The van der Waals surface area contributed by atoms with Gasteiger partial charge in [0.25, 0.3) is 0 Å². The number of aromatic nitrogens is 1. The van der Waals surface area contributed by atoms with Gasteiger partial charge in [-0.2, -0.15) is 0 Å². The van der Waals surface area contributed by atoms with Crippen molar-refractivity contribution in [2.45, 2.75) is 33.7 Å². The zero-order chi connectivity index (χ0) is 14.7. The topological polar surface area (TPSA) is 48.1 Å². The molecule has 1 aromatic carbocycles. The van der Waals surface area contributed by atoms with Gasteiger partial charge in [0.1, 0.15) is 5.75 Å². The molecule has 3 nitrogen and oxygen atoms in total. The third kappa shape index (κ3) is 3.30. The van der Waals surface area contributed by atoms with E-state index in [4.69, 9.17) is 22.1 Å². The van der Waals surface area contributed by atoms with E-state index in [1.165, 1.54) is 0 Å². The second kappa shape index (κ2) is 6.25. The molecule has 0 spiro atoms. The zero-order valence-electron chi connectivity index (χ0n) is 12.0. The minimum Gasteiger partial charge on any atom is -0.438 e. The largest absolute Gasteiger partial charge is 0.438 e. The molecule has 0 fully saturated rings. The summed E-state index contributed by atoms with van der Waals surface area (Å²) in [6.07, 6.45) is 0.850. The van der Waals surface area contributed by atoms with Gasteiger partial charge in [0.05, 0.1) is 0 Å². The molecule has 0 radical (unpaired) electrons. The zero-order valence-corrected chi connectivity index (χ0v) is 12.8. The van der Waals surface area contributed by atoms with Gasteiger partial charge in [0, 0.05) is 23.3 Å². The van der Waals surface area contributed by atoms with E-state index in [1.807, 2.05) is 38.1 Å². The van der Waals surface area contributed by atoms with Crippen molar-refractivity contribution in [3.05, 3.63) is 51.7 Å². The van der Waals surface area contributed by atoms with Gasteiger partial charge in [0.2, 0.25) is 5.88 Å². The summed E-state index contributed by atoms with van der Waals surface area (Å²) in [6, 6.07) is 7.66. The molecule has 2 aromatic rings. The maximum absolute atomic E-state index is 6.03. The van der Waals surface area contributed by atoms with Crippen LogP contribution in [0.3, 0.4) is 0 Å². The molecule has 0 amide bonds. The summed E-state index contributed by atoms with van der Waals surface area (Å²) >= 11 is 6.03. The van der Waals surface area contributed by atoms with Crippen LogP contribution in [0.1, 0.15) is 29.3 Å². The van der Waals surface area contributed by atoms with Crippen LogP contribution in [0, 0.1) is 13.8 Å². The Hall–Kier alpha value is -1.58. The number of ether oxygens (including phenoxy) is 1. The molecular weight excluding hydrogens is 272 g/mol. The number of benzene rings is 1. The second-order valence-electron chi connectivity index (χ2n) is 4.83. The Morgan fingerprint density at radius 3 is 2.35 bits per heavy atom. The highest BCUT2D eigenvalue weighted by Crippen LogP contribution is 2.31. The van der Waals surface area contributed by atoms with E-state index in [0.29, 0.717) is 17.4 Å². The Labute approximate surface area is 124 Å². The van der Waals surface area contributed by atoms with E-state index in [2.05, 4.69) is 11.9 Å². The number of nitrogens with zero attached hydrogens (tertiary/aromatic N) is 1. The van der Waals surface area contributed by atoms with E-state index in [0.717, 1.165) is 34.6 Å². The number of nitrogens with two attached hydrogens (primary N) is 1. The number of aryl methyl sites for hydroxylation is 3. The quantitative estimate of drug-likeness (QED) is 0.919. The Morgan fingerprint density at radius 1 is 1.15 bits per heavy atom. The minimum atomic E-state index is 0.477. The predicted molar refractivity (Wildman–Crippen MR) is 82.5 cm³/mol. The maximum Gasteiger partial charge on any atom is 0.219 e. The first kappa shape index (κ1) is 14.8. The van der Waals surface area contributed by atoms with Crippen LogP contribution in [0.15, 0.2) is 24.3 Å². The highest BCUT2D eigenvalue weighted by atomic mass is 35.5. The van der Waals surface area contributed by atoms with Crippen LogP contribution in [0.25, 0.3) is 0 Å². The first-order valence-corrected chi connectivity index (χ1v) is 7.05. The fourth-order valence-corrected chi connectivity index (χ4v) is 2.46. The summed E-state index contributed by atoms with van der Waals surface area (Å²) in [5, 5.41) is 0.713. The third-order valence-corrected chi connectivity index (χ3v) is 3.36. The van der Waals surface area contributed by atoms with Gasteiger partial charge in [-0.1, -0.05) is 18.5 Å². The monoisotopic (exact) mass is 290 g/mol. The molecule has 0 bridgehead atoms. The van der Waals surface area contributed by atoms with Crippen molar-refractivity contribution in [3.63, 3.8) is 0 Å². The molecule has 2 rings (SSSR count). The number of hydrogen-bond acceptors (Lipinski definition) is 3. The Balaban J connectivity index is 2.39. The van der Waals surface area contributed by atoms with Gasteiger partial charge in [-0.15, -0.1) is 0 Å². The Morgan fingerprint density at radius 2 is 1.80 bits per heavy atom. The van der Waals surface area contributed by atoms with E-state index >= 15 is 0 Å². The molecule has 0 aliphatic carbocycles. The Kier molecular flexibility index (Phi) is 4.63. The van der Waals surface area contributed by atoms with E-state index in [-0.39, 0.29) is 0 Å². The molecule has 1 aromatic heterocycles. The molecule has 20 heavy (non-hydrogen) atoms. The first-order chi connectivity index (χ1) is 9.53. The molecule has 2 N–H and O–H groups in total. The highest BCUT2D eigenvalue weighted by molar-refractivity contribution is 6.30. The molecular formula is C16H19ClN2O. The lowest BCUT2D eigenvalue weighted by Gasteiger charge is -2.13. The smallest absolute Gasteiger partial charge is 0.219 e. The molecule has 4 heteroatoms. The van der Waals surface area contributed by atoms with Gasteiger partial charge in [0.15, 0.2) is 0 Å².